The molecule has 2 aromatic heterocycles. The molecule has 0 aliphatic carbocycles. The number of fused-ring (bicyclic) bond motifs is 1. The molecule has 1 aliphatic rings. The molecular formula is C14H20N6O2. The van der Waals surface area contributed by atoms with Crippen molar-refractivity contribution in [2.75, 3.05) is 43.6 Å². The summed E-state index contributed by atoms with van der Waals surface area (Å²) in [4.78, 5) is 18.2. The number of amides is 2. The number of H-pyrrole nitrogens is 1. The number of methoxy groups -OCH3 is 1. The van der Waals surface area contributed by atoms with Crippen LogP contribution in [0.3, 0.4) is 0 Å². The van der Waals surface area contributed by atoms with Gasteiger partial charge in [-0.15, -0.1) is 0 Å². The zero-order chi connectivity index (χ0) is 15.4. The number of rotatable bonds is 5. The Balaban J connectivity index is 1.69. The van der Waals surface area contributed by atoms with Crippen LogP contribution >= 0.6 is 0 Å². The molecule has 2 amide bonds. The second kappa shape index (κ2) is 6.61. The first-order chi connectivity index (χ1) is 10.8. The van der Waals surface area contributed by atoms with Gasteiger partial charge >= 0.3 is 6.03 Å². The average molecular weight is 304 g/mol. The van der Waals surface area contributed by atoms with E-state index in [2.05, 4.69) is 30.7 Å². The highest BCUT2D eigenvalue weighted by Gasteiger charge is 2.18. The van der Waals surface area contributed by atoms with Crippen molar-refractivity contribution in [3.63, 3.8) is 0 Å². The third kappa shape index (κ3) is 3.11. The third-order valence-electron chi connectivity index (χ3n) is 3.67. The predicted molar refractivity (Wildman–Crippen MR) is 84.2 cm³/mol. The van der Waals surface area contributed by atoms with Gasteiger partial charge < -0.3 is 15.0 Å². The zero-order valence-electron chi connectivity index (χ0n) is 12.6. The Morgan fingerprint density at radius 3 is 3.05 bits per heavy atom. The van der Waals surface area contributed by atoms with Crippen molar-refractivity contribution < 1.29 is 9.53 Å². The number of carbonyl (C=O) groups is 1. The fourth-order valence-corrected chi connectivity index (χ4v) is 2.56. The Hall–Kier alpha value is -2.35. The molecule has 0 spiro atoms. The van der Waals surface area contributed by atoms with Crippen LogP contribution in [0.1, 0.15) is 12.8 Å². The molecule has 8 heteroatoms. The highest BCUT2D eigenvalue weighted by atomic mass is 16.5. The number of pyridine rings is 1. The number of aromatic nitrogens is 3. The lowest BCUT2D eigenvalue weighted by molar-refractivity contribution is 0.198. The molecule has 0 unspecified atom stereocenters. The second-order valence-corrected chi connectivity index (χ2v) is 5.23. The number of aromatic amines is 1. The van der Waals surface area contributed by atoms with E-state index in [1.165, 1.54) is 12.8 Å². The van der Waals surface area contributed by atoms with E-state index in [0.717, 1.165) is 29.8 Å². The summed E-state index contributed by atoms with van der Waals surface area (Å²) < 4.78 is 4.88. The van der Waals surface area contributed by atoms with E-state index in [0.29, 0.717) is 19.0 Å². The second-order valence-electron chi connectivity index (χ2n) is 5.23. The Kier molecular flexibility index (Phi) is 4.38. The minimum Gasteiger partial charge on any atom is -0.383 e. The topological polar surface area (TPSA) is 95.2 Å². The minimum atomic E-state index is -0.303. The summed E-state index contributed by atoms with van der Waals surface area (Å²) in [6.07, 6.45) is 4.14. The van der Waals surface area contributed by atoms with E-state index in [1.807, 2.05) is 0 Å². The van der Waals surface area contributed by atoms with Gasteiger partial charge in [0.05, 0.1) is 17.5 Å². The number of ether oxygens (including phenoxy) is 1. The standard InChI is InChI=1S/C14H20N6O2/c1-22-7-4-15-14(21)17-12-8-11-10(9-16-12)13(19-18-11)20-5-2-3-6-20/h8-9H,2-7H2,1H3,(H,18,19)(H2,15,16,17,21). The smallest absolute Gasteiger partial charge is 0.320 e. The summed E-state index contributed by atoms with van der Waals surface area (Å²) in [5, 5.41) is 13.7. The molecule has 3 N–H and O–H groups in total. The van der Waals surface area contributed by atoms with Crippen molar-refractivity contribution in [3.05, 3.63) is 12.3 Å². The van der Waals surface area contributed by atoms with Crippen molar-refractivity contribution in [3.8, 4) is 0 Å². The van der Waals surface area contributed by atoms with Crippen LogP contribution in [0.5, 0.6) is 0 Å². The number of hydrogen-bond donors (Lipinski definition) is 3. The molecule has 1 aliphatic heterocycles. The van der Waals surface area contributed by atoms with Gasteiger partial charge in [-0.05, 0) is 12.8 Å². The fraction of sp³-hybridized carbons (Fsp3) is 0.500. The Morgan fingerprint density at radius 1 is 1.45 bits per heavy atom. The van der Waals surface area contributed by atoms with Crippen molar-refractivity contribution in [2.24, 2.45) is 0 Å². The van der Waals surface area contributed by atoms with Crippen molar-refractivity contribution >= 4 is 28.6 Å². The van der Waals surface area contributed by atoms with E-state index in [4.69, 9.17) is 4.74 Å². The summed E-state index contributed by atoms with van der Waals surface area (Å²) in [6, 6.07) is 1.49. The molecule has 118 valence electrons. The van der Waals surface area contributed by atoms with Crippen LogP contribution in [0, 0.1) is 0 Å². The van der Waals surface area contributed by atoms with E-state index in [9.17, 15) is 4.79 Å². The maximum absolute atomic E-state index is 11.7. The van der Waals surface area contributed by atoms with Crippen LogP contribution in [-0.4, -0.2) is 54.6 Å². The van der Waals surface area contributed by atoms with E-state index >= 15 is 0 Å². The SMILES string of the molecule is COCCNC(=O)Nc1cc2[nH]nc(N3CCCC3)c2cn1. The van der Waals surface area contributed by atoms with Gasteiger partial charge in [-0.1, -0.05) is 0 Å². The quantitative estimate of drug-likeness (QED) is 0.724. The molecular weight excluding hydrogens is 284 g/mol. The third-order valence-corrected chi connectivity index (χ3v) is 3.67. The van der Waals surface area contributed by atoms with Crippen molar-refractivity contribution in [1.82, 2.24) is 20.5 Å². The molecule has 3 rings (SSSR count). The number of urea groups is 1. The van der Waals surface area contributed by atoms with Crippen LogP contribution in [0.25, 0.3) is 10.9 Å². The molecule has 0 bridgehead atoms. The van der Waals surface area contributed by atoms with Gasteiger partial charge in [-0.3, -0.25) is 10.4 Å². The van der Waals surface area contributed by atoms with Crippen molar-refractivity contribution in [1.29, 1.82) is 0 Å². The number of hydrogen-bond acceptors (Lipinski definition) is 5. The molecule has 3 heterocycles. The fourth-order valence-electron chi connectivity index (χ4n) is 2.56. The lowest BCUT2D eigenvalue weighted by Crippen LogP contribution is -2.31. The minimum absolute atomic E-state index is 0.303. The molecule has 0 radical (unpaired) electrons. The molecule has 8 nitrogen and oxygen atoms in total. The molecule has 0 atom stereocenters. The maximum atomic E-state index is 11.7. The van der Waals surface area contributed by atoms with E-state index < -0.39 is 0 Å². The summed E-state index contributed by atoms with van der Waals surface area (Å²) in [7, 11) is 1.59. The summed E-state index contributed by atoms with van der Waals surface area (Å²) >= 11 is 0. The van der Waals surface area contributed by atoms with E-state index in [1.54, 1.807) is 19.4 Å². The Bertz CT molecular complexity index is 650. The lowest BCUT2D eigenvalue weighted by atomic mass is 10.3. The summed E-state index contributed by atoms with van der Waals surface area (Å²) in [6.45, 7) is 2.98. The summed E-state index contributed by atoms with van der Waals surface area (Å²) in [5.74, 6) is 1.43. The lowest BCUT2D eigenvalue weighted by Gasteiger charge is -2.13. The van der Waals surface area contributed by atoms with Crippen LogP contribution in [0.2, 0.25) is 0 Å². The van der Waals surface area contributed by atoms with Gasteiger partial charge in [0.25, 0.3) is 0 Å². The van der Waals surface area contributed by atoms with Gasteiger partial charge in [0.15, 0.2) is 5.82 Å². The normalized spacial score (nSPS) is 14.5. The first-order valence-electron chi connectivity index (χ1n) is 7.41. The number of anilines is 2. The van der Waals surface area contributed by atoms with Crippen molar-refractivity contribution in [2.45, 2.75) is 12.8 Å². The first kappa shape index (κ1) is 14.6. The average Bonchev–Trinajstić information content (AvgIpc) is 3.15. The predicted octanol–water partition coefficient (Wildman–Crippen LogP) is 1.33. The zero-order valence-corrected chi connectivity index (χ0v) is 12.6. The van der Waals surface area contributed by atoms with Gasteiger partial charge in [0.2, 0.25) is 0 Å². The first-order valence-corrected chi connectivity index (χ1v) is 7.41. The van der Waals surface area contributed by atoms with Crippen LogP contribution in [0.4, 0.5) is 16.4 Å². The molecule has 1 saturated heterocycles. The van der Waals surface area contributed by atoms with Gasteiger partial charge in [0, 0.05) is 39.0 Å². The van der Waals surface area contributed by atoms with E-state index in [-0.39, 0.29) is 6.03 Å². The number of nitrogens with one attached hydrogen (secondary N) is 3. The van der Waals surface area contributed by atoms with Gasteiger partial charge in [-0.2, -0.15) is 5.10 Å². The molecule has 22 heavy (non-hydrogen) atoms. The molecule has 0 saturated carbocycles. The van der Waals surface area contributed by atoms with Crippen LogP contribution in [-0.2, 0) is 4.74 Å². The largest absolute Gasteiger partial charge is 0.383 e. The van der Waals surface area contributed by atoms with Gasteiger partial charge in [0.1, 0.15) is 5.82 Å². The number of carbonyl (C=O) groups excluding carboxylic acids is 1. The monoisotopic (exact) mass is 304 g/mol. The summed E-state index contributed by atoms with van der Waals surface area (Å²) in [5.41, 5.74) is 0.865. The van der Waals surface area contributed by atoms with Gasteiger partial charge in [-0.25, -0.2) is 9.78 Å². The Morgan fingerprint density at radius 2 is 2.27 bits per heavy atom. The number of nitrogens with zero attached hydrogens (tertiary/aromatic N) is 3. The molecule has 2 aromatic rings. The molecule has 1 fully saturated rings. The Labute approximate surface area is 128 Å². The molecule has 0 aromatic carbocycles. The van der Waals surface area contributed by atoms with Crippen LogP contribution in [0.15, 0.2) is 12.3 Å². The highest BCUT2D eigenvalue weighted by molar-refractivity contribution is 5.94. The highest BCUT2D eigenvalue weighted by Crippen LogP contribution is 2.27. The maximum Gasteiger partial charge on any atom is 0.320 e. The van der Waals surface area contributed by atoms with Crippen LogP contribution < -0.4 is 15.5 Å².